The van der Waals surface area contributed by atoms with E-state index in [1.807, 2.05) is 0 Å². The number of carboxylic acids is 1. The van der Waals surface area contributed by atoms with Gasteiger partial charge in [-0.25, -0.2) is 4.98 Å². The summed E-state index contributed by atoms with van der Waals surface area (Å²) in [6.45, 7) is 3.16. The highest BCUT2D eigenvalue weighted by atomic mass is 32.1. The first-order valence-electron chi connectivity index (χ1n) is 6.01. The number of aryl methyl sites for hydroxylation is 2. The van der Waals surface area contributed by atoms with Crippen LogP contribution >= 0.6 is 11.3 Å². The maximum absolute atomic E-state index is 11.9. The highest BCUT2D eigenvalue weighted by Crippen LogP contribution is 2.30. The first-order valence-corrected chi connectivity index (χ1v) is 6.83. The Hall–Kier alpha value is -1.43. The van der Waals surface area contributed by atoms with Crippen LogP contribution in [-0.4, -0.2) is 22.0 Å². The smallest absolute Gasteiger partial charge is 0.307 e. The van der Waals surface area contributed by atoms with E-state index in [9.17, 15) is 9.59 Å². The van der Waals surface area contributed by atoms with Crippen molar-refractivity contribution in [2.45, 2.75) is 33.1 Å². The molecule has 1 aliphatic carbocycles. The lowest BCUT2D eigenvalue weighted by atomic mass is 9.95. The van der Waals surface area contributed by atoms with Gasteiger partial charge in [-0.1, -0.05) is 13.8 Å². The number of hydrogen-bond donors (Lipinski definition) is 2. The Morgan fingerprint density at radius 1 is 1.33 bits per heavy atom. The van der Waals surface area contributed by atoms with E-state index in [0.29, 0.717) is 5.13 Å². The van der Waals surface area contributed by atoms with Crippen molar-refractivity contribution < 1.29 is 14.7 Å². The van der Waals surface area contributed by atoms with E-state index < -0.39 is 17.8 Å². The summed E-state index contributed by atoms with van der Waals surface area (Å²) in [5, 5.41) is 12.2. The first kappa shape index (κ1) is 13.0. The number of carbonyl (C=O) groups is 2. The number of hydrogen-bond acceptors (Lipinski definition) is 4. The van der Waals surface area contributed by atoms with Gasteiger partial charge in [0.25, 0.3) is 0 Å². The largest absolute Gasteiger partial charge is 0.481 e. The molecular weight excluding hydrogens is 252 g/mol. The molecule has 98 valence electrons. The average molecular weight is 268 g/mol. The van der Waals surface area contributed by atoms with Crippen molar-refractivity contribution in [1.29, 1.82) is 0 Å². The van der Waals surface area contributed by atoms with Gasteiger partial charge in [-0.3, -0.25) is 9.59 Å². The summed E-state index contributed by atoms with van der Waals surface area (Å²) in [5.74, 6) is -2.50. The van der Waals surface area contributed by atoms with E-state index in [4.69, 9.17) is 5.11 Å². The second-order valence-corrected chi connectivity index (χ2v) is 5.73. The number of nitrogens with zero attached hydrogens (tertiary/aromatic N) is 1. The van der Waals surface area contributed by atoms with Crippen LogP contribution in [-0.2, 0) is 22.4 Å². The molecule has 5 nitrogen and oxygen atoms in total. The summed E-state index contributed by atoms with van der Waals surface area (Å²) in [6.07, 6.45) is 3.14. The molecule has 2 rings (SSSR count). The molecule has 0 saturated carbocycles. The molecule has 0 saturated heterocycles. The quantitative estimate of drug-likeness (QED) is 0.874. The Morgan fingerprint density at radius 2 is 2.06 bits per heavy atom. The fraction of sp³-hybridized carbons (Fsp3) is 0.583. The van der Waals surface area contributed by atoms with E-state index in [2.05, 4.69) is 10.3 Å². The summed E-state index contributed by atoms with van der Waals surface area (Å²) in [5.41, 5.74) is 1.08. The van der Waals surface area contributed by atoms with Gasteiger partial charge in [0.1, 0.15) is 0 Å². The highest BCUT2D eigenvalue weighted by molar-refractivity contribution is 7.15. The van der Waals surface area contributed by atoms with Gasteiger partial charge in [0.2, 0.25) is 5.91 Å². The molecule has 1 heterocycles. The minimum atomic E-state index is -0.959. The van der Waals surface area contributed by atoms with Crippen molar-refractivity contribution in [3.05, 3.63) is 10.6 Å². The van der Waals surface area contributed by atoms with Crippen LogP contribution in [0.15, 0.2) is 0 Å². The minimum absolute atomic E-state index is 0.280. The molecule has 2 unspecified atom stereocenters. The van der Waals surface area contributed by atoms with E-state index in [1.165, 1.54) is 23.1 Å². The maximum Gasteiger partial charge on any atom is 0.307 e. The van der Waals surface area contributed by atoms with Gasteiger partial charge in [0.15, 0.2) is 5.13 Å². The van der Waals surface area contributed by atoms with Crippen LogP contribution in [0.4, 0.5) is 5.13 Å². The topological polar surface area (TPSA) is 79.3 Å². The highest BCUT2D eigenvalue weighted by Gasteiger charge is 2.27. The van der Waals surface area contributed by atoms with Crippen LogP contribution in [0, 0.1) is 11.8 Å². The summed E-state index contributed by atoms with van der Waals surface area (Å²) in [7, 11) is 0. The van der Waals surface area contributed by atoms with Crippen LogP contribution in [0.25, 0.3) is 0 Å². The number of fused-ring (bicyclic) bond motifs is 1. The van der Waals surface area contributed by atoms with Crippen LogP contribution in [0.5, 0.6) is 0 Å². The Labute approximate surface area is 109 Å². The number of nitrogens with one attached hydrogen (secondary N) is 1. The van der Waals surface area contributed by atoms with Gasteiger partial charge in [0, 0.05) is 10.8 Å². The van der Waals surface area contributed by atoms with Gasteiger partial charge in [-0.2, -0.15) is 0 Å². The Balaban J connectivity index is 2.00. The zero-order valence-corrected chi connectivity index (χ0v) is 11.2. The normalized spacial score (nSPS) is 17.0. The van der Waals surface area contributed by atoms with E-state index in [1.54, 1.807) is 6.92 Å². The zero-order valence-electron chi connectivity index (χ0n) is 10.4. The van der Waals surface area contributed by atoms with Crippen molar-refractivity contribution in [2.75, 3.05) is 5.32 Å². The lowest BCUT2D eigenvalue weighted by molar-refractivity contribution is -0.145. The van der Waals surface area contributed by atoms with Crippen molar-refractivity contribution in [3.63, 3.8) is 0 Å². The molecule has 0 aromatic carbocycles. The molecule has 0 radical (unpaired) electrons. The van der Waals surface area contributed by atoms with Crippen molar-refractivity contribution in [1.82, 2.24) is 4.98 Å². The van der Waals surface area contributed by atoms with Gasteiger partial charge in [-0.05, 0) is 19.3 Å². The Morgan fingerprint density at radius 3 is 2.67 bits per heavy atom. The number of anilines is 1. The standard InChI is InChI=1S/C12H16N2O3S/c1-6(7(2)11(16)17)10(15)14-12-13-8-4-3-5-9(8)18-12/h6-7H,3-5H2,1-2H3,(H,16,17)(H,13,14,15). The van der Waals surface area contributed by atoms with Crippen molar-refractivity contribution >= 4 is 28.3 Å². The van der Waals surface area contributed by atoms with E-state index in [-0.39, 0.29) is 5.91 Å². The number of carbonyl (C=O) groups excluding carboxylic acids is 1. The second kappa shape index (κ2) is 5.06. The van der Waals surface area contributed by atoms with Gasteiger partial charge >= 0.3 is 5.97 Å². The number of rotatable bonds is 4. The lowest BCUT2D eigenvalue weighted by Gasteiger charge is -2.14. The molecule has 1 aromatic rings. The van der Waals surface area contributed by atoms with E-state index >= 15 is 0 Å². The molecule has 0 fully saturated rings. The molecule has 1 amide bonds. The van der Waals surface area contributed by atoms with Crippen LogP contribution in [0.2, 0.25) is 0 Å². The summed E-state index contributed by atoms with van der Waals surface area (Å²) < 4.78 is 0. The predicted molar refractivity (Wildman–Crippen MR) is 68.7 cm³/mol. The monoisotopic (exact) mass is 268 g/mol. The molecule has 18 heavy (non-hydrogen) atoms. The lowest BCUT2D eigenvalue weighted by Crippen LogP contribution is -2.29. The van der Waals surface area contributed by atoms with Crippen LogP contribution < -0.4 is 5.32 Å². The molecule has 6 heteroatoms. The number of carboxylic acid groups (broad SMARTS) is 1. The van der Waals surface area contributed by atoms with Gasteiger partial charge < -0.3 is 10.4 Å². The molecule has 0 bridgehead atoms. The van der Waals surface area contributed by atoms with Gasteiger partial charge in [-0.15, -0.1) is 11.3 Å². The van der Waals surface area contributed by atoms with E-state index in [0.717, 1.165) is 25.0 Å². The molecule has 0 spiro atoms. The molecule has 1 aromatic heterocycles. The first-order chi connectivity index (χ1) is 8.49. The Bertz CT molecular complexity index is 462. The minimum Gasteiger partial charge on any atom is -0.481 e. The molecule has 2 atom stereocenters. The second-order valence-electron chi connectivity index (χ2n) is 4.65. The fourth-order valence-corrected chi connectivity index (χ4v) is 2.96. The third-order valence-electron chi connectivity index (χ3n) is 3.38. The summed E-state index contributed by atoms with van der Waals surface area (Å²) in [4.78, 5) is 28.3. The molecular formula is C12H16N2O3S. The van der Waals surface area contributed by atoms with Gasteiger partial charge in [0.05, 0.1) is 11.6 Å². The Kier molecular flexibility index (Phi) is 3.65. The number of amides is 1. The number of aliphatic carboxylic acids is 1. The molecule has 0 aliphatic heterocycles. The van der Waals surface area contributed by atoms with Crippen LogP contribution in [0.1, 0.15) is 30.8 Å². The maximum atomic E-state index is 11.9. The molecule has 1 aliphatic rings. The fourth-order valence-electron chi connectivity index (χ4n) is 1.90. The van der Waals surface area contributed by atoms with Crippen molar-refractivity contribution in [2.24, 2.45) is 11.8 Å². The number of thiazole rings is 1. The zero-order chi connectivity index (χ0) is 13.3. The average Bonchev–Trinajstić information content (AvgIpc) is 2.87. The third-order valence-corrected chi connectivity index (χ3v) is 4.45. The SMILES string of the molecule is CC(C(=O)O)C(C)C(=O)Nc1nc2c(s1)CCC2. The van der Waals surface area contributed by atoms with Crippen molar-refractivity contribution in [3.8, 4) is 0 Å². The molecule has 2 N–H and O–H groups in total. The summed E-state index contributed by atoms with van der Waals surface area (Å²) in [6, 6.07) is 0. The third kappa shape index (κ3) is 2.53. The van der Waals surface area contributed by atoms with Crippen LogP contribution in [0.3, 0.4) is 0 Å². The summed E-state index contributed by atoms with van der Waals surface area (Å²) >= 11 is 1.50. The predicted octanol–water partition coefficient (Wildman–Crippen LogP) is 1.93. The number of aromatic nitrogens is 1.